The lowest BCUT2D eigenvalue weighted by molar-refractivity contribution is 0.0932. The van der Waals surface area contributed by atoms with Crippen LogP contribution in [0, 0.1) is 6.92 Å². The Kier molecular flexibility index (Phi) is 5.49. The number of rotatable bonds is 6. The highest BCUT2D eigenvalue weighted by atomic mass is 16.3. The molecule has 0 bridgehead atoms. The highest BCUT2D eigenvalue weighted by Crippen LogP contribution is 2.18. The molecule has 1 aromatic heterocycles. The molecule has 0 radical (unpaired) electrons. The van der Waals surface area contributed by atoms with Crippen LogP contribution in [-0.4, -0.2) is 22.6 Å². The van der Waals surface area contributed by atoms with E-state index in [-0.39, 0.29) is 24.1 Å². The Morgan fingerprint density at radius 3 is 2.64 bits per heavy atom. The monoisotopic (exact) mass is 300 g/mol. The predicted octanol–water partition coefficient (Wildman–Crippen LogP) is 1.93. The standard InChI is InChI=1S/C17H20N2O3/c1-12-10-14(11-16(21)18-12)17(22)19-15(8-5-9-20)13-6-3-2-4-7-13/h2-4,6-7,10-11,15,20H,5,8-9H2,1H3,(H,18,21)(H,19,22). The molecule has 0 spiro atoms. The van der Waals surface area contributed by atoms with E-state index in [4.69, 9.17) is 5.11 Å². The lowest BCUT2D eigenvalue weighted by atomic mass is 10.0. The number of H-pyrrole nitrogens is 1. The van der Waals surface area contributed by atoms with E-state index in [0.29, 0.717) is 24.1 Å². The van der Waals surface area contributed by atoms with Crippen LogP contribution in [0.25, 0.3) is 0 Å². The highest BCUT2D eigenvalue weighted by molar-refractivity contribution is 5.94. The first-order chi connectivity index (χ1) is 10.6. The number of aliphatic hydroxyl groups is 1. The van der Waals surface area contributed by atoms with Gasteiger partial charge < -0.3 is 15.4 Å². The number of pyridine rings is 1. The predicted molar refractivity (Wildman–Crippen MR) is 84.8 cm³/mol. The number of aliphatic hydroxyl groups excluding tert-OH is 1. The second kappa shape index (κ2) is 7.56. The first kappa shape index (κ1) is 16.0. The quantitative estimate of drug-likeness (QED) is 0.762. The van der Waals surface area contributed by atoms with E-state index in [1.807, 2.05) is 30.3 Å². The van der Waals surface area contributed by atoms with Crippen LogP contribution in [-0.2, 0) is 0 Å². The number of aryl methyl sites for hydroxylation is 1. The molecule has 116 valence electrons. The summed E-state index contributed by atoms with van der Waals surface area (Å²) < 4.78 is 0. The van der Waals surface area contributed by atoms with E-state index in [9.17, 15) is 9.59 Å². The van der Waals surface area contributed by atoms with Gasteiger partial charge in [0.2, 0.25) is 5.56 Å². The normalized spacial score (nSPS) is 11.9. The third-order valence-electron chi connectivity index (χ3n) is 3.40. The van der Waals surface area contributed by atoms with Crippen LogP contribution in [0.5, 0.6) is 0 Å². The summed E-state index contributed by atoms with van der Waals surface area (Å²) >= 11 is 0. The number of nitrogens with one attached hydrogen (secondary N) is 2. The molecule has 1 atom stereocenters. The fourth-order valence-electron chi connectivity index (χ4n) is 2.36. The lowest BCUT2D eigenvalue weighted by Gasteiger charge is -2.19. The second-order valence-electron chi connectivity index (χ2n) is 5.22. The average Bonchev–Trinajstić information content (AvgIpc) is 2.51. The van der Waals surface area contributed by atoms with Gasteiger partial charge in [-0.25, -0.2) is 0 Å². The van der Waals surface area contributed by atoms with Crippen molar-refractivity contribution < 1.29 is 9.90 Å². The number of hydrogen-bond acceptors (Lipinski definition) is 3. The summed E-state index contributed by atoms with van der Waals surface area (Å²) in [7, 11) is 0. The van der Waals surface area contributed by atoms with Gasteiger partial charge in [0, 0.05) is 23.9 Å². The molecular weight excluding hydrogens is 280 g/mol. The molecule has 2 rings (SSSR count). The number of aromatic amines is 1. The molecule has 5 heteroatoms. The molecule has 0 aliphatic carbocycles. The molecule has 1 heterocycles. The van der Waals surface area contributed by atoms with E-state index < -0.39 is 0 Å². The number of carbonyl (C=O) groups is 1. The van der Waals surface area contributed by atoms with Crippen LogP contribution in [0.4, 0.5) is 0 Å². The number of aromatic nitrogens is 1. The Hall–Kier alpha value is -2.40. The average molecular weight is 300 g/mol. The Labute approximate surface area is 129 Å². The molecule has 0 fully saturated rings. The third-order valence-corrected chi connectivity index (χ3v) is 3.40. The van der Waals surface area contributed by atoms with Crippen molar-refractivity contribution in [3.05, 3.63) is 69.6 Å². The topological polar surface area (TPSA) is 82.2 Å². The van der Waals surface area contributed by atoms with Crippen LogP contribution in [0.1, 0.15) is 40.5 Å². The van der Waals surface area contributed by atoms with Crippen LogP contribution < -0.4 is 10.9 Å². The van der Waals surface area contributed by atoms with Crippen molar-refractivity contribution in [1.82, 2.24) is 10.3 Å². The maximum Gasteiger partial charge on any atom is 0.252 e. The van der Waals surface area contributed by atoms with Crippen molar-refractivity contribution in [2.45, 2.75) is 25.8 Å². The summed E-state index contributed by atoms with van der Waals surface area (Å²) in [4.78, 5) is 26.5. The maximum absolute atomic E-state index is 12.4. The van der Waals surface area contributed by atoms with E-state index in [0.717, 1.165) is 5.56 Å². The zero-order valence-corrected chi connectivity index (χ0v) is 12.5. The molecule has 0 saturated carbocycles. The minimum Gasteiger partial charge on any atom is -0.396 e. The Bertz CT molecular complexity index is 680. The molecule has 22 heavy (non-hydrogen) atoms. The summed E-state index contributed by atoms with van der Waals surface area (Å²) in [5.41, 5.74) is 1.66. The van der Waals surface area contributed by atoms with Crippen molar-refractivity contribution in [2.24, 2.45) is 0 Å². The van der Waals surface area contributed by atoms with Crippen LogP contribution in [0.15, 0.2) is 47.3 Å². The van der Waals surface area contributed by atoms with Gasteiger partial charge in [-0.3, -0.25) is 9.59 Å². The molecule has 1 unspecified atom stereocenters. The molecule has 1 amide bonds. The molecule has 0 aliphatic rings. The summed E-state index contributed by atoms with van der Waals surface area (Å²) in [6.07, 6.45) is 1.22. The van der Waals surface area contributed by atoms with Crippen molar-refractivity contribution in [3.63, 3.8) is 0 Å². The molecule has 5 nitrogen and oxygen atoms in total. The Morgan fingerprint density at radius 2 is 2.00 bits per heavy atom. The molecule has 0 aliphatic heterocycles. The minimum atomic E-state index is -0.295. The van der Waals surface area contributed by atoms with Gasteiger partial charge in [0.05, 0.1) is 6.04 Å². The van der Waals surface area contributed by atoms with E-state index in [1.54, 1.807) is 13.0 Å². The second-order valence-corrected chi connectivity index (χ2v) is 5.22. The molecule has 1 aromatic carbocycles. The first-order valence-corrected chi connectivity index (χ1v) is 7.28. The molecule has 0 saturated heterocycles. The van der Waals surface area contributed by atoms with Crippen LogP contribution in [0.2, 0.25) is 0 Å². The van der Waals surface area contributed by atoms with Crippen molar-refractivity contribution in [3.8, 4) is 0 Å². The molecular formula is C17H20N2O3. The zero-order valence-electron chi connectivity index (χ0n) is 12.5. The number of carbonyl (C=O) groups excluding carboxylic acids is 1. The number of benzene rings is 1. The third kappa shape index (κ3) is 4.30. The Morgan fingerprint density at radius 1 is 1.27 bits per heavy atom. The first-order valence-electron chi connectivity index (χ1n) is 7.28. The summed E-state index contributed by atoms with van der Waals surface area (Å²) in [6.45, 7) is 1.81. The van der Waals surface area contributed by atoms with E-state index in [1.165, 1.54) is 6.07 Å². The molecule has 2 aromatic rings. The van der Waals surface area contributed by atoms with Gasteiger partial charge in [-0.2, -0.15) is 0 Å². The lowest BCUT2D eigenvalue weighted by Crippen LogP contribution is -2.29. The van der Waals surface area contributed by atoms with E-state index >= 15 is 0 Å². The van der Waals surface area contributed by atoms with Crippen molar-refractivity contribution in [2.75, 3.05) is 6.61 Å². The van der Waals surface area contributed by atoms with Crippen LogP contribution >= 0.6 is 0 Å². The minimum absolute atomic E-state index is 0.0727. The van der Waals surface area contributed by atoms with Gasteiger partial charge in [-0.1, -0.05) is 30.3 Å². The number of hydrogen-bond donors (Lipinski definition) is 3. The van der Waals surface area contributed by atoms with Gasteiger partial charge in [0.25, 0.3) is 5.91 Å². The van der Waals surface area contributed by atoms with Crippen LogP contribution in [0.3, 0.4) is 0 Å². The number of amides is 1. The zero-order chi connectivity index (χ0) is 15.9. The smallest absolute Gasteiger partial charge is 0.252 e. The highest BCUT2D eigenvalue weighted by Gasteiger charge is 2.16. The van der Waals surface area contributed by atoms with Gasteiger partial charge in [-0.15, -0.1) is 0 Å². The summed E-state index contributed by atoms with van der Waals surface area (Å²) in [6, 6.07) is 12.3. The molecule has 3 N–H and O–H groups in total. The summed E-state index contributed by atoms with van der Waals surface area (Å²) in [5.74, 6) is -0.291. The van der Waals surface area contributed by atoms with Crippen molar-refractivity contribution in [1.29, 1.82) is 0 Å². The van der Waals surface area contributed by atoms with Gasteiger partial charge >= 0.3 is 0 Å². The SMILES string of the molecule is Cc1cc(C(=O)NC(CCCO)c2ccccc2)cc(=O)[nH]1. The van der Waals surface area contributed by atoms with Crippen molar-refractivity contribution >= 4 is 5.91 Å². The van der Waals surface area contributed by atoms with Gasteiger partial charge in [0.1, 0.15) is 0 Å². The van der Waals surface area contributed by atoms with E-state index in [2.05, 4.69) is 10.3 Å². The fraction of sp³-hybridized carbons (Fsp3) is 0.294. The van der Waals surface area contributed by atoms with Gasteiger partial charge in [0.15, 0.2) is 0 Å². The van der Waals surface area contributed by atoms with Gasteiger partial charge in [-0.05, 0) is 31.4 Å². The fourth-order valence-corrected chi connectivity index (χ4v) is 2.36. The summed E-state index contributed by atoms with van der Waals surface area (Å²) in [5, 5.41) is 12.0. The Balaban J connectivity index is 2.19. The maximum atomic E-state index is 12.4. The largest absolute Gasteiger partial charge is 0.396 e.